The number of hydrazine groups is 1. The van der Waals surface area contributed by atoms with Gasteiger partial charge in [0.2, 0.25) is 5.88 Å². The fourth-order valence-corrected chi connectivity index (χ4v) is 0.918. The number of pyridine rings is 1. The number of hydrogen-bond acceptors (Lipinski definition) is 6. The van der Waals surface area contributed by atoms with Crippen LogP contribution in [0.2, 0.25) is 0 Å². The monoisotopic (exact) mass is 209 g/mol. The Morgan fingerprint density at radius 2 is 2.27 bits per heavy atom. The molecule has 0 bridgehead atoms. The maximum Gasteiger partial charge on any atom is 0.213 e. The molecule has 15 heavy (non-hydrogen) atoms. The second kappa shape index (κ2) is 5.71. The normalized spacial score (nSPS) is 10.5. The molecule has 0 saturated carbocycles. The van der Waals surface area contributed by atoms with Crippen molar-refractivity contribution in [1.29, 1.82) is 0 Å². The van der Waals surface area contributed by atoms with E-state index in [4.69, 9.17) is 22.0 Å². The number of anilines is 1. The first kappa shape index (κ1) is 11.1. The molecule has 0 unspecified atom stereocenters. The summed E-state index contributed by atoms with van der Waals surface area (Å²) in [5.41, 5.74) is 11.2. The standard InChI is InChI=1S/C9H15N5O/c10-3-4-14(12)5-6-15-9-2-1-8(11)7-13-9/h1-4,7H,5-6,10-12H2/b4-3-. The van der Waals surface area contributed by atoms with Gasteiger partial charge in [-0.1, -0.05) is 0 Å². The van der Waals surface area contributed by atoms with Crippen LogP contribution in [0.1, 0.15) is 0 Å². The quantitative estimate of drug-likeness (QED) is 0.452. The number of nitrogens with zero attached hydrogens (tertiary/aromatic N) is 2. The molecule has 0 amide bonds. The van der Waals surface area contributed by atoms with Gasteiger partial charge in [0, 0.05) is 18.5 Å². The van der Waals surface area contributed by atoms with Crippen LogP contribution in [0, 0.1) is 0 Å². The zero-order valence-corrected chi connectivity index (χ0v) is 8.34. The Labute approximate surface area is 88.3 Å². The molecule has 6 nitrogen and oxygen atoms in total. The van der Waals surface area contributed by atoms with Gasteiger partial charge in [0.15, 0.2) is 0 Å². The minimum atomic E-state index is 0.428. The predicted molar refractivity (Wildman–Crippen MR) is 58.4 cm³/mol. The molecule has 0 spiro atoms. The van der Waals surface area contributed by atoms with Crippen LogP contribution in [-0.4, -0.2) is 23.1 Å². The molecule has 0 saturated heterocycles. The van der Waals surface area contributed by atoms with Crippen LogP contribution < -0.4 is 22.0 Å². The van der Waals surface area contributed by atoms with E-state index in [0.29, 0.717) is 24.7 Å². The first-order chi connectivity index (χ1) is 7.22. The fraction of sp³-hybridized carbons (Fsp3) is 0.222. The Hall–Kier alpha value is -1.95. The summed E-state index contributed by atoms with van der Waals surface area (Å²) in [7, 11) is 0. The Kier molecular flexibility index (Phi) is 4.24. The zero-order chi connectivity index (χ0) is 11.1. The highest BCUT2D eigenvalue weighted by Gasteiger charge is 1.96. The molecule has 0 aliphatic carbocycles. The maximum absolute atomic E-state index is 5.52. The molecule has 0 atom stereocenters. The number of rotatable bonds is 5. The van der Waals surface area contributed by atoms with Gasteiger partial charge in [0.25, 0.3) is 0 Å². The third kappa shape index (κ3) is 4.19. The van der Waals surface area contributed by atoms with Gasteiger partial charge in [-0.15, -0.1) is 0 Å². The third-order valence-corrected chi connectivity index (χ3v) is 1.64. The Morgan fingerprint density at radius 3 is 2.87 bits per heavy atom. The molecular formula is C9H15N5O. The van der Waals surface area contributed by atoms with E-state index >= 15 is 0 Å². The highest BCUT2D eigenvalue weighted by atomic mass is 16.5. The van der Waals surface area contributed by atoms with Crippen molar-refractivity contribution in [3.8, 4) is 5.88 Å². The fourth-order valence-electron chi connectivity index (χ4n) is 0.918. The van der Waals surface area contributed by atoms with Gasteiger partial charge in [-0.2, -0.15) is 0 Å². The lowest BCUT2D eigenvalue weighted by Gasteiger charge is -2.13. The second-order valence-electron chi connectivity index (χ2n) is 2.86. The summed E-state index contributed by atoms with van der Waals surface area (Å²) in [4.78, 5) is 3.97. The van der Waals surface area contributed by atoms with Crippen molar-refractivity contribution in [3.05, 3.63) is 30.7 Å². The maximum atomic E-state index is 5.52. The van der Waals surface area contributed by atoms with Crippen molar-refractivity contribution >= 4 is 5.69 Å². The molecule has 82 valence electrons. The van der Waals surface area contributed by atoms with Gasteiger partial charge in [-0.25, -0.2) is 10.8 Å². The Balaban J connectivity index is 2.28. The van der Waals surface area contributed by atoms with Crippen LogP contribution in [0.3, 0.4) is 0 Å². The minimum absolute atomic E-state index is 0.428. The summed E-state index contributed by atoms with van der Waals surface area (Å²) >= 11 is 0. The van der Waals surface area contributed by atoms with Crippen molar-refractivity contribution < 1.29 is 4.74 Å². The molecule has 1 heterocycles. The van der Waals surface area contributed by atoms with E-state index in [-0.39, 0.29) is 0 Å². The van der Waals surface area contributed by atoms with E-state index in [0.717, 1.165) is 0 Å². The zero-order valence-electron chi connectivity index (χ0n) is 8.34. The van der Waals surface area contributed by atoms with E-state index in [1.807, 2.05) is 0 Å². The van der Waals surface area contributed by atoms with Gasteiger partial charge in [-0.3, -0.25) is 0 Å². The highest BCUT2D eigenvalue weighted by molar-refractivity contribution is 5.35. The SMILES string of the molecule is N/C=C\N(N)CCOc1ccc(N)cn1. The number of nitrogen functional groups attached to an aromatic ring is 1. The molecule has 1 aromatic heterocycles. The van der Waals surface area contributed by atoms with E-state index in [9.17, 15) is 0 Å². The van der Waals surface area contributed by atoms with E-state index in [2.05, 4.69) is 4.98 Å². The third-order valence-electron chi connectivity index (χ3n) is 1.64. The molecule has 1 rings (SSSR count). The average Bonchev–Trinajstić information content (AvgIpc) is 2.21. The number of nitrogens with two attached hydrogens (primary N) is 3. The second-order valence-corrected chi connectivity index (χ2v) is 2.86. The smallest absolute Gasteiger partial charge is 0.213 e. The van der Waals surface area contributed by atoms with E-state index in [1.54, 1.807) is 18.3 Å². The molecule has 0 fully saturated rings. The first-order valence-electron chi connectivity index (χ1n) is 4.46. The lowest BCUT2D eigenvalue weighted by Crippen LogP contribution is -2.30. The number of ether oxygens (including phenoxy) is 1. The van der Waals surface area contributed by atoms with Crippen molar-refractivity contribution in [2.75, 3.05) is 18.9 Å². The van der Waals surface area contributed by atoms with Crippen LogP contribution in [0.5, 0.6) is 5.88 Å². The molecule has 0 aromatic carbocycles. The molecule has 6 heteroatoms. The van der Waals surface area contributed by atoms with Crippen LogP contribution >= 0.6 is 0 Å². The summed E-state index contributed by atoms with van der Waals surface area (Å²) < 4.78 is 5.31. The lowest BCUT2D eigenvalue weighted by molar-refractivity contribution is 0.250. The molecule has 6 N–H and O–H groups in total. The highest BCUT2D eigenvalue weighted by Crippen LogP contribution is 2.07. The van der Waals surface area contributed by atoms with Crippen LogP contribution in [0.25, 0.3) is 0 Å². The Bertz CT molecular complexity index is 311. The largest absolute Gasteiger partial charge is 0.476 e. The molecule has 0 aliphatic rings. The van der Waals surface area contributed by atoms with Crippen molar-refractivity contribution in [2.24, 2.45) is 11.6 Å². The van der Waals surface area contributed by atoms with E-state index < -0.39 is 0 Å². The van der Waals surface area contributed by atoms with Gasteiger partial charge in [0.1, 0.15) is 6.61 Å². The topological polar surface area (TPSA) is 103 Å². The van der Waals surface area contributed by atoms with Crippen LogP contribution in [0.4, 0.5) is 5.69 Å². The lowest BCUT2D eigenvalue weighted by atomic mass is 10.4. The van der Waals surface area contributed by atoms with Crippen LogP contribution in [0.15, 0.2) is 30.7 Å². The van der Waals surface area contributed by atoms with Gasteiger partial charge in [-0.05, 0) is 6.07 Å². The average molecular weight is 209 g/mol. The molecular weight excluding hydrogens is 194 g/mol. The summed E-state index contributed by atoms with van der Waals surface area (Å²) in [6, 6.07) is 3.43. The van der Waals surface area contributed by atoms with Gasteiger partial charge >= 0.3 is 0 Å². The summed E-state index contributed by atoms with van der Waals surface area (Å²) in [6.07, 6.45) is 4.45. The Morgan fingerprint density at radius 1 is 1.47 bits per heavy atom. The molecule has 0 aliphatic heterocycles. The van der Waals surface area contributed by atoms with Crippen molar-refractivity contribution in [2.45, 2.75) is 0 Å². The number of aromatic nitrogens is 1. The van der Waals surface area contributed by atoms with E-state index in [1.165, 1.54) is 17.4 Å². The summed E-state index contributed by atoms with van der Waals surface area (Å²) in [5, 5.41) is 1.43. The predicted octanol–water partition coefficient (Wildman–Crippen LogP) is -0.352. The summed E-state index contributed by atoms with van der Waals surface area (Å²) in [6.45, 7) is 0.956. The number of hydrogen-bond donors (Lipinski definition) is 3. The molecule has 1 aromatic rings. The van der Waals surface area contributed by atoms with Gasteiger partial charge < -0.3 is 21.2 Å². The summed E-state index contributed by atoms with van der Waals surface area (Å²) in [5.74, 6) is 6.04. The van der Waals surface area contributed by atoms with Gasteiger partial charge in [0.05, 0.1) is 18.4 Å². The van der Waals surface area contributed by atoms with Crippen molar-refractivity contribution in [1.82, 2.24) is 9.99 Å². The minimum Gasteiger partial charge on any atom is -0.476 e. The first-order valence-corrected chi connectivity index (χ1v) is 4.46. The van der Waals surface area contributed by atoms with Crippen molar-refractivity contribution in [3.63, 3.8) is 0 Å². The van der Waals surface area contributed by atoms with Crippen LogP contribution in [-0.2, 0) is 0 Å². The molecule has 0 radical (unpaired) electrons.